The molecule has 0 bridgehead atoms. The quantitative estimate of drug-likeness (QED) is 0.747. The maximum absolute atomic E-state index is 12.2. The van der Waals surface area contributed by atoms with Gasteiger partial charge < -0.3 is 5.32 Å². The molecule has 4 nitrogen and oxygen atoms in total. The average molecular weight is 360 g/mol. The van der Waals surface area contributed by atoms with Gasteiger partial charge in [-0.25, -0.2) is 4.68 Å². The summed E-state index contributed by atoms with van der Waals surface area (Å²) >= 11 is 11.9. The van der Waals surface area contributed by atoms with E-state index in [1.54, 1.807) is 29.1 Å². The number of rotatable bonds is 5. The molecule has 3 aromatic rings. The third-order valence-corrected chi connectivity index (χ3v) is 4.31. The van der Waals surface area contributed by atoms with Gasteiger partial charge in [0.05, 0.1) is 22.2 Å². The van der Waals surface area contributed by atoms with E-state index >= 15 is 0 Å². The summed E-state index contributed by atoms with van der Waals surface area (Å²) in [7, 11) is 0. The predicted octanol–water partition coefficient (Wildman–Crippen LogP) is 4.04. The Bertz CT molecular complexity index is 847. The minimum absolute atomic E-state index is 0.0799. The SMILES string of the molecule is O=C(Cc1ccc(Cl)c(Cl)c1)NCc1ccccc1-n1cccn1. The normalized spacial score (nSPS) is 10.6. The fourth-order valence-corrected chi connectivity index (χ4v) is 2.71. The lowest BCUT2D eigenvalue weighted by molar-refractivity contribution is -0.120. The number of nitrogens with zero attached hydrogens (tertiary/aromatic N) is 2. The molecule has 1 aromatic heterocycles. The zero-order chi connectivity index (χ0) is 16.9. The molecule has 1 N–H and O–H groups in total. The third-order valence-electron chi connectivity index (χ3n) is 3.57. The standard InChI is InChI=1S/C18H15Cl2N3O/c19-15-7-6-13(10-16(15)20)11-18(24)21-12-14-4-1-2-5-17(14)23-9-3-8-22-23/h1-10H,11-12H2,(H,21,24). The van der Waals surface area contributed by atoms with Gasteiger partial charge in [0.15, 0.2) is 0 Å². The highest BCUT2D eigenvalue weighted by Crippen LogP contribution is 2.22. The summed E-state index contributed by atoms with van der Waals surface area (Å²) in [6.45, 7) is 0.427. The molecule has 0 spiro atoms. The van der Waals surface area contributed by atoms with E-state index in [2.05, 4.69) is 10.4 Å². The summed E-state index contributed by atoms with van der Waals surface area (Å²) in [6, 6.07) is 14.9. The van der Waals surface area contributed by atoms with Gasteiger partial charge in [0, 0.05) is 18.9 Å². The van der Waals surface area contributed by atoms with Crippen LogP contribution in [0.15, 0.2) is 60.9 Å². The Balaban J connectivity index is 1.66. The van der Waals surface area contributed by atoms with E-state index in [-0.39, 0.29) is 12.3 Å². The van der Waals surface area contributed by atoms with E-state index < -0.39 is 0 Å². The van der Waals surface area contributed by atoms with Crippen LogP contribution in [-0.2, 0) is 17.8 Å². The maximum Gasteiger partial charge on any atom is 0.224 e. The summed E-state index contributed by atoms with van der Waals surface area (Å²) in [5.41, 5.74) is 2.75. The lowest BCUT2D eigenvalue weighted by Gasteiger charge is -2.11. The predicted molar refractivity (Wildman–Crippen MR) is 95.6 cm³/mol. The number of para-hydroxylation sites is 1. The van der Waals surface area contributed by atoms with E-state index in [4.69, 9.17) is 23.2 Å². The zero-order valence-corrected chi connectivity index (χ0v) is 14.3. The summed E-state index contributed by atoms with van der Waals surface area (Å²) in [5, 5.41) is 8.10. The van der Waals surface area contributed by atoms with E-state index in [0.29, 0.717) is 16.6 Å². The van der Waals surface area contributed by atoms with Crippen LogP contribution in [0.4, 0.5) is 0 Å². The largest absolute Gasteiger partial charge is 0.352 e. The number of hydrogen-bond donors (Lipinski definition) is 1. The molecule has 0 unspecified atom stereocenters. The van der Waals surface area contributed by atoms with Crippen LogP contribution in [-0.4, -0.2) is 15.7 Å². The van der Waals surface area contributed by atoms with Crippen molar-refractivity contribution in [1.82, 2.24) is 15.1 Å². The number of amides is 1. The number of halogens is 2. The average Bonchev–Trinajstić information content (AvgIpc) is 3.11. The molecule has 0 aliphatic rings. The van der Waals surface area contributed by atoms with Gasteiger partial charge in [-0.1, -0.05) is 47.5 Å². The monoisotopic (exact) mass is 359 g/mol. The van der Waals surface area contributed by atoms with Crippen molar-refractivity contribution in [1.29, 1.82) is 0 Å². The first-order chi connectivity index (χ1) is 11.6. The highest BCUT2D eigenvalue weighted by molar-refractivity contribution is 6.42. The highest BCUT2D eigenvalue weighted by Gasteiger charge is 2.08. The highest BCUT2D eigenvalue weighted by atomic mass is 35.5. The maximum atomic E-state index is 12.2. The van der Waals surface area contributed by atoms with Gasteiger partial charge in [0.1, 0.15) is 0 Å². The Kier molecular flexibility index (Phi) is 5.18. The molecule has 0 atom stereocenters. The molecular weight excluding hydrogens is 345 g/mol. The van der Waals surface area contributed by atoms with Gasteiger partial charge >= 0.3 is 0 Å². The molecule has 1 amide bonds. The van der Waals surface area contributed by atoms with Gasteiger partial charge in [-0.3, -0.25) is 4.79 Å². The second-order valence-electron chi connectivity index (χ2n) is 5.28. The Morgan fingerprint density at radius 1 is 1.08 bits per heavy atom. The number of nitrogens with one attached hydrogen (secondary N) is 1. The van der Waals surface area contributed by atoms with Crippen molar-refractivity contribution in [2.75, 3.05) is 0 Å². The molecule has 0 saturated heterocycles. The Labute approximate surface area is 150 Å². The molecular formula is C18H15Cl2N3O. The van der Waals surface area contributed by atoms with Crippen molar-refractivity contribution in [3.63, 3.8) is 0 Å². The fourth-order valence-electron chi connectivity index (χ4n) is 2.39. The van der Waals surface area contributed by atoms with E-state index in [0.717, 1.165) is 16.8 Å². The van der Waals surface area contributed by atoms with Gasteiger partial charge in [0.25, 0.3) is 0 Å². The Morgan fingerprint density at radius 2 is 1.92 bits per heavy atom. The van der Waals surface area contributed by atoms with Crippen molar-refractivity contribution >= 4 is 29.1 Å². The first-order valence-electron chi connectivity index (χ1n) is 7.42. The summed E-state index contributed by atoms with van der Waals surface area (Å²) in [5.74, 6) is -0.0799. The molecule has 122 valence electrons. The summed E-state index contributed by atoms with van der Waals surface area (Å²) in [6.07, 6.45) is 3.84. The lowest BCUT2D eigenvalue weighted by atomic mass is 10.1. The molecule has 1 heterocycles. The van der Waals surface area contributed by atoms with Crippen LogP contribution < -0.4 is 5.32 Å². The molecule has 0 aliphatic carbocycles. The van der Waals surface area contributed by atoms with Crippen molar-refractivity contribution in [2.45, 2.75) is 13.0 Å². The van der Waals surface area contributed by atoms with Gasteiger partial charge in [-0.05, 0) is 35.4 Å². The first kappa shape index (κ1) is 16.6. The van der Waals surface area contributed by atoms with Gasteiger partial charge in [-0.15, -0.1) is 0 Å². The number of carbonyl (C=O) groups is 1. The molecule has 0 radical (unpaired) electrons. The van der Waals surface area contributed by atoms with Crippen LogP contribution in [0.2, 0.25) is 10.0 Å². The number of hydrogen-bond acceptors (Lipinski definition) is 2. The van der Waals surface area contributed by atoms with Crippen LogP contribution in [0, 0.1) is 0 Å². The Hall–Kier alpha value is -2.30. The third kappa shape index (κ3) is 3.96. The smallest absolute Gasteiger partial charge is 0.224 e. The molecule has 0 fully saturated rings. The van der Waals surface area contributed by atoms with Crippen molar-refractivity contribution in [3.8, 4) is 5.69 Å². The van der Waals surface area contributed by atoms with Crippen LogP contribution in [0.1, 0.15) is 11.1 Å². The minimum atomic E-state index is -0.0799. The summed E-state index contributed by atoms with van der Waals surface area (Å²) < 4.78 is 1.78. The number of aromatic nitrogens is 2. The molecule has 0 saturated carbocycles. The zero-order valence-electron chi connectivity index (χ0n) is 12.7. The lowest BCUT2D eigenvalue weighted by Crippen LogP contribution is -2.25. The van der Waals surface area contributed by atoms with Crippen molar-refractivity contribution in [2.24, 2.45) is 0 Å². The van der Waals surface area contributed by atoms with Crippen LogP contribution in [0.3, 0.4) is 0 Å². The van der Waals surface area contributed by atoms with Gasteiger partial charge in [-0.2, -0.15) is 5.10 Å². The van der Waals surface area contributed by atoms with E-state index in [9.17, 15) is 4.79 Å². The molecule has 0 aliphatic heterocycles. The topological polar surface area (TPSA) is 46.9 Å². The second-order valence-corrected chi connectivity index (χ2v) is 6.10. The van der Waals surface area contributed by atoms with E-state index in [1.807, 2.05) is 36.5 Å². The molecule has 24 heavy (non-hydrogen) atoms. The number of carbonyl (C=O) groups excluding carboxylic acids is 1. The molecule has 2 aromatic carbocycles. The van der Waals surface area contributed by atoms with Crippen LogP contribution in [0.5, 0.6) is 0 Å². The minimum Gasteiger partial charge on any atom is -0.352 e. The van der Waals surface area contributed by atoms with Crippen molar-refractivity contribution in [3.05, 3.63) is 82.1 Å². The second kappa shape index (κ2) is 7.51. The van der Waals surface area contributed by atoms with Crippen molar-refractivity contribution < 1.29 is 4.79 Å². The van der Waals surface area contributed by atoms with Crippen LogP contribution >= 0.6 is 23.2 Å². The van der Waals surface area contributed by atoms with Gasteiger partial charge in [0.2, 0.25) is 5.91 Å². The first-order valence-corrected chi connectivity index (χ1v) is 8.17. The van der Waals surface area contributed by atoms with Crippen LogP contribution in [0.25, 0.3) is 5.69 Å². The molecule has 6 heteroatoms. The fraction of sp³-hybridized carbons (Fsp3) is 0.111. The number of benzene rings is 2. The van der Waals surface area contributed by atoms with E-state index in [1.165, 1.54) is 0 Å². The summed E-state index contributed by atoms with van der Waals surface area (Å²) in [4.78, 5) is 12.2. The molecule has 3 rings (SSSR count). The Morgan fingerprint density at radius 3 is 2.67 bits per heavy atom.